The average molecular weight is 320 g/mol. The summed E-state index contributed by atoms with van der Waals surface area (Å²) in [4.78, 5) is 14.5. The van der Waals surface area contributed by atoms with Crippen LogP contribution in [-0.2, 0) is 16.0 Å². The van der Waals surface area contributed by atoms with Crippen molar-refractivity contribution in [3.63, 3.8) is 0 Å². The Bertz CT molecular complexity index is 511. The van der Waals surface area contributed by atoms with Crippen LogP contribution in [0.2, 0.25) is 0 Å². The third-order valence-corrected chi connectivity index (χ3v) is 4.36. The van der Waals surface area contributed by atoms with E-state index in [-0.39, 0.29) is 11.4 Å². The quantitative estimate of drug-likeness (QED) is 0.833. The third-order valence-electron chi connectivity index (χ3n) is 4.36. The highest BCUT2D eigenvalue weighted by molar-refractivity contribution is 5.76. The van der Waals surface area contributed by atoms with Crippen molar-refractivity contribution in [2.45, 2.75) is 32.2 Å². The molecule has 0 unspecified atom stereocenters. The molecular weight excluding hydrogens is 292 g/mol. The Morgan fingerprint density at radius 3 is 2.78 bits per heavy atom. The first-order valence-corrected chi connectivity index (χ1v) is 8.24. The summed E-state index contributed by atoms with van der Waals surface area (Å²) in [7, 11) is 1.65. The van der Waals surface area contributed by atoms with Crippen LogP contribution in [0.3, 0.4) is 0 Å². The smallest absolute Gasteiger partial charge is 0.220 e. The Balaban J connectivity index is 1.75. The summed E-state index contributed by atoms with van der Waals surface area (Å²) in [5.41, 5.74) is 1.07. The molecule has 1 aromatic carbocycles. The molecule has 1 heterocycles. The van der Waals surface area contributed by atoms with Gasteiger partial charge in [0.2, 0.25) is 5.91 Å². The summed E-state index contributed by atoms with van der Waals surface area (Å²) in [5, 5.41) is 3.07. The number of carbonyl (C=O) groups excluding carboxylic acids is 1. The first-order valence-electron chi connectivity index (χ1n) is 8.24. The van der Waals surface area contributed by atoms with Crippen molar-refractivity contribution < 1.29 is 14.3 Å². The molecule has 1 aromatic rings. The van der Waals surface area contributed by atoms with Crippen LogP contribution in [0.1, 0.15) is 25.8 Å². The van der Waals surface area contributed by atoms with Crippen LogP contribution in [0.5, 0.6) is 5.75 Å². The minimum absolute atomic E-state index is 0.0462. The second kappa shape index (κ2) is 8.31. The molecule has 0 aliphatic carbocycles. The molecule has 23 heavy (non-hydrogen) atoms. The van der Waals surface area contributed by atoms with Gasteiger partial charge in [0, 0.05) is 31.6 Å². The number of carbonyl (C=O) groups is 1. The number of benzene rings is 1. The molecule has 0 spiro atoms. The number of hydrogen-bond acceptors (Lipinski definition) is 4. The largest absolute Gasteiger partial charge is 0.497 e. The molecule has 0 bridgehead atoms. The molecule has 1 saturated heterocycles. The van der Waals surface area contributed by atoms with Gasteiger partial charge in [0.1, 0.15) is 5.75 Å². The number of methoxy groups -OCH3 is 1. The zero-order valence-electron chi connectivity index (χ0n) is 14.4. The molecule has 5 heteroatoms. The lowest BCUT2D eigenvalue weighted by molar-refractivity contribution is -0.121. The fraction of sp³-hybridized carbons (Fsp3) is 0.611. The van der Waals surface area contributed by atoms with Gasteiger partial charge in [-0.15, -0.1) is 0 Å². The Hall–Kier alpha value is -1.59. The van der Waals surface area contributed by atoms with E-state index in [1.54, 1.807) is 7.11 Å². The normalized spacial score (nSPS) is 16.1. The number of hydrogen-bond donors (Lipinski definition) is 1. The molecule has 1 N–H and O–H groups in total. The number of rotatable bonds is 7. The topological polar surface area (TPSA) is 50.8 Å². The Morgan fingerprint density at radius 1 is 1.35 bits per heavy atom. The number of amides is 1. The molecule has 1 aliphatic rings. The molecule has 0 atom stereocenters. The van der Waals surface area contributed by atoms with Gasteiger partial charge in [-0.05, 0) is 38.0 Å². The Morgan fingerprint density at radius 2 is 2.09 bits per heavy atom. The second-order valence-corrected chi connectivity index (χ2v) is 6.54. The van der Waals surface area contributed by atoms with Crippen LogP contribution in [0.15, 0.2) is 24.3 Å². The maximum Gasteiger partial charge on any atom is 0.220 e. The van der Waals surface area contributed by atoms with Crippen LogP contribution in [0.25, 0.3) is 0 Å². The van der Waals surface area contributed by atoms with Crippen molar-refractivity contribution in [3.05, 3.63) is 29.8 Å². The van der Waals surface area contributed by atoms with Gasteiger partial charge in [-0.3, -0.25) is 9.69 Å². The zero-order chi connectivity index (χ0) is 16.7. The Labute approximate surface area is 139 Å². The van der Waals surface area contributed by atoms with Gasteiger partial charge < -0.3 is 14.8 Å². The van der Waals surface area contributed by atoms with E-state index in [4.69, 9.17) is 9.47 Å². The summed E-state index contributed by atoms with van der Waals surface area (Å²) < 4.78 is 10.6. The van der Waals surface area contributed by atoms with Crippen LogP contribution in [0, 0.1) is 0 Å². The molecule has 0 radical (unpaired) electrons. The van der Waals surface area contributed by atoms with E-state index in [0.29, 0.717) is 13.0 Å². The SMILES string of the molecule is COc1cccc(CCC(=O)NCC(C)(C)N2CCOCC2)c1. The first kappa shape index (κ1) is 17.8. The zero-order valence-corrected chi connectivity index (χ0v) is 14.4. The highest BCUT2D eigenvalue weighted by Crippen LogP contribution is 2.16. The summed E-state index contributed by atoms with van der Waals surface area (Å²) in [6, 6.07) is 7.86. The van der Waals surface area contributed by atoms with Crippen LogP contribution >= 0.6 is 0 Å². The Kier molecular flexibility index (Phi) is 6.42. The third kappa shape index (κ3) is 5.52. The standard InChI is InChI=1S/C18H28N2O3/c1-18(2,20-9-11-23-12-10-20)14-19-17(21)8-7-15-5-4-6-16(13-15)22-3/h4-6,13H,7-12,14H2,1-3H3,(H,19,21). The maximum atomic E-state index is 12.1. The van der Waals surface area contributed by atoms with Gasteiger partial charge in [0.25, 0.3) is 0 Å². The maximum absolute atomic E-state index is 12.1. The van der Waals surface area contributed by atoms with Crippen molar-refractivity contribution in [1.82, 2.24) is 10.2 Å². The van der Waals surface area contributed by atoms with Gasteiger partial charge in [0.05, 0.1) is 20.3 Å². The molecular formula is C18H28N2O3. The van der Waals surface area contributed by atoms with E-state index in [9.17, 15) is 4.79 Å². The molecule has 0 aromatic heterocycles. The number of ether oxygens (including phenoxy) is 2. The van der Waals surface area contributed by atoms with E-state index < -0.39 is 0 Å². The molecule has 1 aliphatic heterocycles. The van der Waals surface area contributed by atoms with Crippen molar-refractivity contribution >= 4 is 5.91 Å². The number of morpholine rings is 1. The number of aryl methyl sites for hydroxylation is 1. The highest BCUT2D eigenvalue weighted by atomic mass is 16.5. The van der Waals surface area contributed by atoms with Crippen molar-refractivity contribution in [1.29, 1.82) is 0 Å². The lowest BCUT2D eigenvalue weighted by Gasteiger charge is -2.40. The van der Waals surface area contributed by atoms with Crippen LogP contribution in [0.4, 0.5) is 0 Å². The van der Waals surface area contributed by atoms with E-state index in [1.165, 1.54) is 0 Å². The molecule has 1 fully saturated rings. The summed E-state index contributed by atoms with van der Waals surface area (Å²) in [6.45, 7) is 8.38. The van der Waals surface area contributed by atoms with Gasteiger partial charge >= 0.3 is 0 Å². The average Bonchev–Trinajstić information content (AvgIpc) is 2.59. The minimum Gasteiger partial charge on any atom is -0.497 e. The summed E-state index contributed by atoms with van der Waals surface area (Å²) in [5.74, 6) is 0.922. The van der Waals surface area contributed by atoms with Gasteiger partial charge in [-0.1, -0.05) is 12.1 Å². The molecule has 1 amide bonds. The van der Waals surface area contributed by atoms with Crippen LogP contribution < -0.4 is 10.1 Å². The van der Waals surface area contributed by atoms with Crippen molar-refractivity contribution in [3.8, 4) is 5.75 Å². The highest BCUT2D eigenvalue weighted by Gasteiger charge is 2.28. The summed E-state index contributed by atoms with van der Waals surface area (Å²) in [6.07, 6.45) is 1.22. The van der Waals surface area contributed by atoms with Crippen LogP contribution in [-0.4, -0.2) is 56.3 Å². The second-order valence-electron chi connectivity index (χ2n) is 6.54. The molecule has 0 saturated carbocycles. The predicted molar refractivity (Wildman–Crippen MR) is 90.8 cm³/mol. The molecule has 2 rings (SSSR count). The monoisotopic (exact) mass is 320 g/mol. The number of nitrogens with zero attached hydrogens (tertiary/aromatic N) is 1. The van der Waals surface area contributed by atoms with Gasteiger partial charge in [-0.2, -0.15) is 0 Å². The predicted octanol–water partition coefficient (Wildman–Crippen LogP) is 1.85. The lowest BCUT2D eigenvalue weighted by atomic mass is 10.0. The fourth-order valence-corrected chi connectivity index (χ4v) is 2.77. The molecule has 5 nitrogen and oxygen atoms in total. The van der Waals surface area contributed by atoms with E-state index in [2.05, 4.69) is 24.1 Å². The van der Waals surface area contributed by atoms with Gasteiger partial charge in [-0.25, -0.2) is 0 Å². The fourth-order valence-electron chi connectivity index (χ4n) is 2.77. The first-order chi connectivity index (χ1) is 11.0. The lowest BCUT2D eigenvalue weighted by Crippen LogP contribution is -2.55. The minimum atomic E-state index is -0.0462. The summed E-state index contributed by atoms with van der Waals surface area (Å²) >= 11 is 0. The van der Waals surface area contributed by atoms with E-state index in [1.807, 2.05) is 24.3 Å². The van der Waals surface area contributed by atoms with Gasteiger partial charge in [0.15, 0.2) is 0 Å². The number of nitrogens with one attached hydrogen (secondary N) is 1. The van der Waals surface area contributed by atoms with Crippen molar-refractivity contribution in [2.24, 2.45) is 0 Å². The molecule has 128 valence electrons. The van der Waals surface area contributed by atoms with Crippen molar-refractivity contribution in [2.75, 3.05) is 40.0 Å². The van der Waals surface area contributed by atoms with E-state index in [0.717, 1.165) is 44.0 Å². The van der Waals surface area contributed by atoms with E-state index >= 15 is 0 Å².